The van der Waals surface area contributed by atoms with Crippen LogP contribution in [0.1, 0.15) is 36.9 Å². The van der Waals surface area contributed by atoms with Crippen LogP contribution in [0.3, 0.4) is 0 Å². The van der Waals surface area contributed by atoms with Gasteiger partial charge in [-0.05, 0) is 23.6 Å². The molecule has 0 bridgehead atoms. The molecule has 0 unspecified atom stereocenters. The first-order valence-electron chi connectivity index (χ1n) is 7.42. The number of piperazine rings is 1. The van der Waals surface area contributed by atoms with E-state index in [-0.39, 0.29) is 30.9 Å². The second kappa shape index (κ2) is 10.1. The quantitative estimate of drug-likeness (QED) is 0.820. The summed E-state index contributed by atoms with van der Waals surface area (Å²) in [5, 5.41) is 3.40. The van der Waals surface area contributed by atoms with Crippen molar-refractivity contribution in [3.8, 4) is 5.75 Å². The third kappa shape index (κ3) is 4.88. The van der Waals surface area contributed by atoms with Crippen molar-refractivity contribution in [1.82, 2.24) is 10.2 Å². The second-order valence-corrected chi connectivity index (χ2v) is 5.62. The summed E-state index contributed by atoms with van der Waals surface area (Å²) in [4.78, 5) is 2.46. The van der Waals surface area contributed by atoms with Crippen LogP contribution < -0.4 is 10.1 Å². The zero-order chi connectivity index (χ0) is 14.5. The van der Waals surface area contributed by atoms with Crippen molar-refractivity contribution in [2.24, 2.45) is 0 Å². The first-order chi connectivity index (χ1) is 9.67. The molecule has 0 aromatic heterocycles. The molecule has 3 nitrogen and oxygen atoms in total. The topological polar surface area (TPSA) is 24.5 Å². The highest BCUT2D eigenvalue weighted by Gasteiger charge is 2.22. The zero-order valence-electron chi connectivity index (χ0n) is 13.7. The Kier molecular flexibility index (Phi) is 9.77. The lowest BCUT2D eigenvalue weighted by molar-refractivity contribution is 0.200. The molecule has 0 radical (unpaired) electrons. The SMILES string of the molecule is C=C[C@H](c1cc(C(C)C)ccc1OC)N1CCNCC1.Cl.Cl. The molecule has 126 valence electrons. The van der Waals surface area contributed by atoms with Gasteiger partial charge >= 0.3 is 0 Å². The van der Waals surface area contributed by atoms with E-state index in [9.17, 15) is 0 Å². The van der Waals surface area contributed by atoms with Crippen LogP contribution in [0.25, 0.3) is 0 Å². The molecule has 1 N–H and O–H groups in total. The summed E-state index contributed by atoms with van der Waals surface area (Å²) < 4.78 is 5.56. The summed E-state index contributed by atoms with van der Waals surface area (Å²) >= 11 is 0. The third-order valence-corrected chi connectivity index (χ3v) is 4.01. The van der Waals surface area contributed by atoms with Crippen LogP contribution >= 0.6 is 24.8 Å². The van der Waals surface area contributed by atoms with E-state index >= 15 is 0 Å². The van der Waals surface area contributed by atoms with Crippen molar-refractivity contribution in [1.29, 1.82) is 0 Å². The summed E-state index contributed by atoms with van der Waals surface area (Å²) in [5.41, 5.74) is 2.58. The monoisotopic (exact) mass is 346 g/mol. The summed E-state index contributed by atoms with van der Waals surface area (Å²) in [6.45, 7) is 12.7. The van der Waals surface area contributed by atoms with Crippen molar-refractivity contribution in [2.45, 2.75) is 25.8 Å². The van der Waals surface area contributed by atoms with Crippen LogP contribution in [-0.4, -0.2) is 38.2 Å². The van der Waals surface area contributed by atoms with Crippen molar-refractivity contribution in [2.75, 3.05) is 33.3 Å². The molecule has 1 aliphatic rings. The van der Waals surface area contributed by atoms with Crippen LogP contribution in [0.4, 0.5) is 0 Å². The minimum atomic E-state index is 0. The predicted molar refractivity (Wildman–Crippen MR) is 99.0 cm³/mol. The highest BCUT2D eigenvalue weighted by molar-refractivity contribution is 5.85. The number of ether oxygens (including phenoxy) is 1. The van der Waals surface area contributed by atoms with Gasteiger partial charge < -0.3 is 10.1 Å². The number of nitrogens with one attached hydrogen (secondary N) is 1. The molecule has 1 heterocycles. The molecule has 1 saturated heterocycles. The summed E-state index contributed by atoms with van der Waals surface area (Å²) in [7, 11) is 1.74. The van der Waals surface area contributed by atoms with E-state index in [4.69, 9.17) is 4.74 Å². The Hall–Kier alpha value is -0.740. The minimum Gasteiger partial charge on any atom is -0.496 e. The maximum Gasteiger partial charge on any atom is 0.123 e. The van der Waals surface area contributed by atoms with Gasteiger partial charge in [-0.25, -0.2) is 0 Å². The number of hydrogen-bond donors (Lipinski definition) is 1. The van der Waals surface area contributed by atoms with Gasteiger partial charge in [0.1, 0.15) is 5.75 Å². The van der Waals surface area contributed by atoms with Gasteiger partial charge in [-0.15, -0.1) is 31.4 Å². The van der Waals surface area contributed by atoms with Gasteiger partial charge in [0.15, 0.2) is 0 Å². The summed E-state index contributed by atoms with van der Waals surface area (Å²) in [5.74, 6) is 1.48. The molecule has 1 aliphatic heterocycles. The molecule has 0 aliphatic carbocycles. The summed E-state index contributed by atoms with van der Waals surface area (Å²) in [6.07, 6.45) is 2.04. The Bertz CT molecular complexity index is 460. The molecule has 0 amide bonds. The fourth-order valence-electron chi connectivity index (χ4n) is 2.78. The first kappa shape index (κ1) is 21.3. The number of rotatable bonds is 5. The van der Waals surface area contributed by atoms with Crippen LogP contribution in [-0.2, 0) is 0 Å². The van der Waals surface area contributed by atoms with E-state index in [1.165, 1.54) is 11.1 Å². The molecule has 1 atom stereocenters. The van der Waals surface area contributed by atoms with E-state index in [0.717, 1.165) is 31.9 Å². The lowest BCUT2D eigenvalue weighted by Gasteiger charge is -2.34. The smallest absolute Gasteiger partial charge is 0.123 e. The lowest BCUT2D eigenvalue weighted by Crippen LogP contribution is -2.44. The Morgan fingerprint density at radius 2 is 1.86 bits per heavy atom. The van der Waals surface area contributed by atoms with Gasteiger partial charge in [0, 0.05) is 31.7 Å². The Labute approximate surface area is 146 Å². The molecule has 1 aromatic carbocycles. The molecule has 0 saturated carbocycles. The maximum absolute atomic E-state index is 5.56. The Balaban J connectivity index is 0.00000220. The lowest BCUT2D eigenvalue weighted by atomic mass is 9.95. The molecule has 1 fully saturated rings. The van der Waals surface area contributed by atoms with Gasteiger partial charge in [0.05, 0.1) is 13.2 Å². The minimum absolute atomic E-state index is 0. The van der Waals surface area contributed by atoms with Gasteiger partial charge in [0.2, 0.25) is 0 Å². The molecule has 1 aromatic rings. The van der Waals surface area contributed by atoms with Gasteiger partial charge in [-0.2, -0.15) is 0 Å². The Morgan fingerprint density at radius 3 is 2.36 bits per heavy atom. The number of methoxy groups -OCH3 is 1. The van der Waals surface area contributed by atoms with Crippen LogP contribution in [0.15, 0.2) is 30.9 Å². The van der Waals surface area contributed by atoms with Gasteiger partial charge in [-0.1, -0.05) is 26.0 Å². The number of nitrogens with zero attached hydrogens (tertiary/aromatic N) is 1. The van der Waals surface area contributed by atoms with Gasteiger partial charge in [-0.3, -0.25) is 4.90 Å². The maximum atomic E-state index is 5.56. The zero-order valence-corrected chi connectivity index (χ0v) is 15.3. The Morgan fingerprint density at radius 1 is 1.23 bits per heavy atom. The molecular weight excluding hydrogens is 319 g/mol. The average molecular weight is 347 g/mol. The fraction of sp³-hybridized carbons (Fsp3) is 0.529. The molecule has 22 heavy (non-hydrogen) atoms. The average Bonchev–Trinajstić information content (AvgIpc) is 2.49. The number of benzene rings is 1. The van der Waals surface area contributed by atoms with Crippen molar-refractivity contribution in [3.63, 3.8) is 0 Å². The molecule has 2 rings (SSSR count). The molecular formula is C17H28Cl2N2O. The molecule has 0 spiro atoms. The molecule has 5 heteroatoms. The van der Waals surface area contributed by atoms with Crippen LogP contribution in [0, 0.1) is 0 Å². The van der Waals surface area contributed by atoms with Crippen molar-refractivity contribution < 1.29 is 4.74 Å². The van der Waals surface area contributed by atoms with E-state index < -0.39 is 0 Å². The van der Waals surface area contributed by atoms with Crippen LogP contribution in [0.5, 0.6) is 5.75 Å². The second-order valence-electron chi connectivity index (χ2n) is 5.62. The predicted octanol–water partition coefficient (Wildman–Crippen LogP) is 3.79. The van der Waals surface area contributed by atoms with E-state index in [1.807, 2.05) is 6.08 Å². The van der Waals surface area contributed by atoms with E-state index in [0.29, 0.717) is 5.92 Å². The fourth-order valence-corrected chi connectivity index (χ4v) is 2.78. The number of halogens is 2. The highest BCUT2D eigenvalue weighted by Crippen LogP contribution is 2.33. The normalized spacial score (nSPS) is 16.4. The van der Waals surface area contributed by atoms with Crippen LogP contribution in [0.2, 0.25) is 0 Å². The highest BCUT2D eigenvalue weighted by atomic mass is 35.5. The summed E-state index contributed by atoms with van der Waals surface area (Å²) in [6, 6.07) is 6.75. The standard InChI is InChI=1S/C17H26N2O.2ClH/c1-5-16(19-10-8-18-9-11-19)15-12-14(13(2)3)6-7-17(15)20-4;;/h5-7,12-13,16,18H,1,8-11H2,2-4H3;2*1H/t16-;;/m1../s1. The van der Waals surface area contributed by atoms with Crippen molar-refractivity contribution >= 4 is 24.8 Å². The largest absolute Gasteiger partial charge is 0.496 e. The van der Waals surface area contributed by atoms with Crippen molar-refractivity contribution in [3.05, 3.63) is 42.0 Å². The van der Waals surface area contributed by atoms with E-state index in [1.54, 1.807) is 7.11 Å². The van der Waals surface area contributed by atoms with Gasteiger partial charge in [0.25, 0.3) is 0 Å². The van der Waals surface area contributed by atoms with E-state index in [2.05, 4.69) is 48.8 Å². The third-order valence-electron chi connectivity index (χ3n) is 4.01. The number of hydrogen-bond acceptors (Lipinski definition) is 3. The first-order valence-corrected chi connectivity index (χ1v) is 7.42.